The number of carbonyl (C=O) groups is 1. The smallest absolute Gasteiger partial charge is 0.244 e. The number of phenols is 1. The highest BCUT2D eigenvalue weighted by molar-refractivity contribution is 5.91. The van der Waals surface area contributed by atoms with Gasteiger partial charge in [0, 0.05) is 12.6 Å². The van der Waals surface area contributed by atoms with Gasteiger partial charge in [0.25, 0.3) is 0 Å². The molecule has 26 heavy (non-hydrogen) atoms. The molecular formula is C22H27NO3. The van der Waals surface area contributed by atoms with Crippen molar-refractivity contribution in [2.45, 2.75) is 32.6 Å². The molecule has 0 fully saturated rings. The molecule has 4 nitrogen and oxygen atoms in total. The monoisotopic (exact) mass is 353 g/mol. The number of unbranched alkanes of at least 4 members (excludes halogenated alkanes) is 2. The molecule has 2 N–H and O–H groups in total. The fourth-order valence-electron chi connectivity index (χ4n) is 2.44. The van der Waals surface area contributed by atoms with Crippen molar-refractivity contribution in [2.75, 3.05) is 13.2 Å². The van der Waals surface area contributed by atoms with E-state index in [-0.39, 0.29) is 11.7 Å². The first-order chi connectivity index (χ1) is 12.7. The van der Waals surface area contributed by atoms with Crippen molar-refractivity contribution >= 4 is 12.0 Å². The second-order valence-electron chi connectivity index (χ2n) is 6.17. The molecule has 2 aromatic rings. The van der Waals surface area contributed by atoms with Crippen LogP contribution < -0.4 is 10.1 Å². The Morgan fingerprint density at radius 2 is 1.81 bits per heavy atom. The van der Waals surface area contributed by atoms with Crippen LogP contribution in [0.5, 0.6) is 11.5 Å². The summed E-state index contributed by atoms with van der Waals surface area (Å²) in [5, 5.41) is 12.1. The Hall–Kier alpha value is -2.75. The van der Waals surface area contributed by atoms with Gasteiger partial charge in [0.2, 0.25) is 5.91 Å². The van der Waals surface area contributed by atoms with Gasteiger partial charge in [-0.05, 0) is 54.3 Å². The van der Waals surface area contributed by atoms with Crippen LogP contribution in [-0.2, 0) is 11.2 Å². The Labute approximate surface area is 155 Å². The third-order valence-corrected chi connectivity index (χ3v) is 3.97. The Morgan fingerprint density at radius 3 is 2.50 bits per heavy atom. The number of ether oxygens (including phenoxy) is 1. The highest BCUT2D eigenvalue weighted by Gasteiger charge is 1.98. The minimum atomic E-state index is -0.122. The molecule has 0 bridgehead atoms. The summed E-state index contributed by atoms with van der Waals surface area (Å²) in [6, 6.07) is 14.7. The molecule has 0 aliphatic carbocycles. The first-order valence-corrected chi connectivity index (χ1v) is 9.14. The molecule has 0 saturated carbocycles. The lowest BCUT2D eigenvalue weighted by Crippen LogP contribution is -2.23. The lowest BCUT2D eigenvalue weighted by molar-refractivity contribution is -0.116. The molecule has 2 aromatic carbocycles. The van der Waals surface area contributed by atoms with Crippen LogP contribution >= 0.6 is 0 Å². The van der Waals surface area contributed by atoms with Gasteiger partial charge in [0.05, 0.1) is 6.61 Å². The zero-order chi connectivity index (χ0) is 18.6. The summed E-state index contributed by atoms with van der Waals surface area (Å²) < 4.78 is 5.67. The molecule has 138 valence electrons. The fourth-order valence-corrected chi connectivity index (χ4v) is 2.44. The number of benzene rings is 2. The van der Waals surface area contributed by atoms with Crippen molar-refractivity contribution < 1.29 is 14.6 Å². The van der Waals surface area contributed by atoms with Crippen LogP contribution in [-0.4, -0.2) is 24.2 Å². The largest absolute Gasteiger partial charge is 0.508 e. The van der Waals surface area contributed by atoms with Crippen LogP contribution in [0.2, 0.25) is 0 Å². The van der Waals surface area contributed by atoms with Crippen LogP contribution in [0.4, 0.5) is 0 Å². The van der Waals surface area contributed by atoms with Crippen molar-refractivity contribution in [3.05, 3.63) is 65.7 Å². The number of amides is 1. The van der Waals surface area contributed by atoms with Crippen LogP contribution in [0.15, 0.2) is 54.6 Å². The van der Waals surface area contributed by atoms with Crippen molar-refractivity contribution in [1.82, 2.24) is 5.32 Å². The summed E-state index contributed by atoms with van der Waals surface area (Å²) in [5.74, 6) is 0.985. The summed E-state index contributed by atoms with van der Waals surface area (Å²) in [4.78, 5) is 11.9. The molecule has 4 heteroatoms. The van der Waals surface area contributed by atoms with Gasteiger partial charge >= 0.3 is 0 Å². The van der Waals surface area contributed by atoms with E-state index in [0.29, 0.717) is 6.54 Å². The quantitative estimate of drug-likeness (QED) is 0.494. The number of phenolic OH excluding ortho intramolecular Hbond substituents is 1. The second kappa shape index (κ2) is 11.0. The molecule has 0 atom stereocenters. The fraction of sp³-hybridized carbons (Fsp3) is 0.318. The number of rotatable bonds is 10. The van der Waals surface area contributed by atoms with E-state index in [1.807, 2.05) is 36.4 Å². The zero-order valence-electron chi connectivity index (χ0n) is 15.3. The molecule has 0 spiro atoms. The van der Waals surface area contributed by atoms with Gasteiger partial charge in [-0.15, -0.1) is 0 Å². The maximum Gasteiger partial charge on any atom is 0.244 e. The summed E-state index contributed by atoms with van der Waals surface area (Å²) in [7, 11) is 0. The van der Waals surface area contributed by atoms with Crippen molar-refractivity contribution in [2.24, 2.45) is 0 Å². The number of carbonyl (C=O) groups excluding carboxylic acids is 1. The third-order valence-electron chi connectivity index (χ3n) is 3.97. The average Bonchev–Trinajstić information content (AvgIpc) is 2.66. The maximum atomic E-state index is 11.9. The zero-order valence-corrected chi connectivity index (χ0v) is 15.3. The van der Waals surface area contributed by atoms with E-state index >= 15 is 0 Å². The number of aromatic hydroxyl groups is 1. The van der Waals surface area contributed by atoms with E-state index in [0.717, 1.165) is 36.3 Å². The van der Waals surface area contributed by atoms with Gasteiger partial charge in [-0.3, -0.25) is 4.79 Å². The standard InChI is InChI=1S/C22H27NO3/c1-2-3-4-17-26-21-12-7-18(8-13-21)9-14-22(25)23-16-15-19-5-10-20(24)11-6-19/h5-14,24H,2-4,15-17H2,1H3,(H,23,25). The van der Waals surface area contributed by atoms with Crippen LogP contribution in [0.3, 0.4) is 0 Å². The minimum absolute atomic E-state index is 0.122. The van der Waals surface area contributed by atoms with Gasteiger partial charge in [-0.2, -0.15) is 0 Å². The van der Waals surface area contributed by atoms with Gasteiger partial charge in [-0.25, -0.2) is 0 Å². The summed E-state index contributed by atoms with van der Waals surface area (Å²) in [6.07, 6.45) is 7.49. The van der Waals surface area contributed by atoms with E-state index < -0.39 is 0 Å². The predicted molar refractivity (Wildman–Crippen MR) is 105 cm³/mol. The number of hydrogen-bond donors (Lipinski definition) is 2. The van der Waals surface area contributed by atoms with Gasteiger partial charge < -0.3 is 15.2 Å². The Bertz CT molecular complexity index is 690. The van der Waals surface area contributed by atoms with E-state index in [9.17, 15) is 9.90 Å². The Balaban J connectivity index is 1.70. The number of hydrogen-bond acceptors (Lipinski definition) is 3. The van der Waals surface area contributed by atoms with Crippen molar-refractivity contribution in [3.8, 4) is 11.5 Å². The molecule has 0 aliphatic rings. The molecule has 0 radical (unpaired) electrons. The van der Waals surface area contributed by atoms with Crippen LogP contribution in [0.25, 0.3) is 6.08 Å². The van der Waals surface area contributed by atoms with Gasteiger partial charge in [-0.1, -0.05) is 44.0 Å². The maximum absolute atomic E-state index is 11.9. The first kappa shape index (κ1) is 19.6. The first-order valence-electron chi connectivity index (χ1n) is 9.14. The number of nitrogens with one attached hydrogen (secondary N) is 1. The minimum Gasteiger partial charge on any atom is -0.508 e. The highest BCUT2D eigenvalue weighted by atomic mass is 16.5. The average molecular weight is 353 g/mol. The molecule has 0 unspecified atom stereocenters. The highest BCUT2D eigenvalue weighted by Crippen LogP contribution is 2.14. The topological polar surface area (TPSA) is 58.6 Å². The lowest BCUT2D eigenvalue weighted by atomic mass is 10.1. The Morgan fingerprint density at radius 1 is 1.08 bits per heavy atom. The van der Waals surface area contributed by atoms with Crippen molar-refractivity contribution in [3.63, 3.8) is 0 Å². The van der Waals surface area contributed by atoms with Crippen LogP contribution in [0.1, 0.15) is 37.3 Å². The molecule has 0 heterocycles. The second-order valence-corrected chi connectivity index (χ2v) is 6.17. The Kier molecular flexibility index (Phi) is 8.27. The lowest BCUT2D eigenvalue weighted by Gasteiger charge is -2.05. The van der Waals surface area contributed by atoms with E-state index in [1.54, 1.807) is 18.2 Å². The summed E-state index contributed by atoms with van der Waals surface area (Å²) in [5.41, 5.74) is 2.03. The van der Waals surface area contributed by atoms with Gasteiger partial charge in [0.1, 0.15) is 11.5 Å². The predicted octanol–water partition coefficient (Wildman–Crippen LogP) is 4.33. The third kappa shape index (κ3) is 7.43. The molecule has 0 aromatic heterocycles. The normalized spacial score (nSPS) is 10.8. The molecule has 1 amide bonds. The summed E-state index contributed by atoms with van der Waals surface area (Å²) >= 11 is 0. The van der Waals surface area contributed by atoms with E-state index in [4.69, 9.17) is 4.74 Å². The van der Waals surface area contributed by atoms with E-state index in [2.05, 4.69) is 12.2 Å². The summed E-state index contributed by atoms with van der Waals surface area (Å²) in [6.45, 7) is 3.47. The van der Waals surface area contributed by atoms with Crippen molar-refractivity contribution in [1.29, 1.82) is 0 Å². The molecular weight excluding hydrogens is 326 g/mol. The van der Waals surface area contributed by atoms with Crippen LogP contribution in [0, 0.1) is 0 Å². The molecule has 0 aliphatic heterocycles. The van der Waals surface area contributed by atoms with Gasteiger partial charge in [0.15, 0.2) is 0 Å². The SMILES string of the molecule is CCCCCOc1ccc(C=CC(=O)NCCc2ccc(O)cc2)cc1. The molecule has 0 saturated heterocycles. The molecule has 2 rings (SSSR count). The van der Waals surface area contributed by atoms with E-state index in [1.165, 1.54) is 18.9 Å².